The second-order valence-corrected chi connectivity index (χ2v) is 8.46. The van der Waals surface area contributed by atoms with E-state index in [0.29, 0.717) is 5.16 Å². The van der Waals surface area contributed by atoms with Gasteiger partial charge in [-0.25, -0.2) is 0 Å². The lowest BCUT2D eigenvalue weighted by atomic mass is 9.83. The molecule has 1 saturated carbocycles. The van der Waals surface area contributed by atoms with Gasteiger partial charge >= 0.3 is 0 Å². The number of nitrogens with one attached hydrogen (secondary N) is 1. The summed E-state index contributed by atoms with van der Waals surface area (Å²) in [5.41, 5.74) is 1.41. The average Bonchev–Trinajstić information content (AvgIpc) is 3.03. The molecule has 2 aromatic rings. The first-order valence-electron chi connectivity index (χ1n) is 9.34. The molecule has 27 heavy (non-hydrogen) atoms. The maximum atomic E-state index is 12.8. The van der Waals surface area contributed by atoms with E-state index in [0.717, 1.165) is 49.2 Å². The van der Waals surface area contributed by atoms with Gasteiger partial charge in [-0.2, -0.15) is 5.26 Å². The molecular weight excluding hydrogens is 358 g/mol. The van der Waals surface area contributed by atoms with E-state index in [2.05, 4.69) is 21.6 Å². The summed E-state index contributed by atoms with van der Waals surface area (Å²) in [6.45, 7) is 5.79. The van der Waals surface area contributed by atoms with Gasteiger partial charge in [0.2, 0.25) is 5.91 Å². The Morgan fingerprint density at radius 3 is 2.63 bits per heavy atom. The number of thioether (sulfide) groups is 1. The number of benzene rings is 1. The van der Waals surface area contributed by atoms with Gasteiger partial charge in [-0.15, -0.1) is 10.2 Å². The van der Waals surface area contributed by atoms with Crippen LogP contribution in [0.25, 0.3) is 5.69 Å². The van der Waals surface area contributed by atoms with E-state index in [1.807, 2.05) is 49.6 Å². The van der Waals surface area contributed by atoms with Crippen LogP contribution < -0.4 is 5.32 Å². The first kappa shape index (κ1) is 19.4. The summed E-state index contributed by atoms with van der Waals surface area (Å²) in [5.74, 6) is 0.653. The molecule has 1 amide bonds. The fourth-order valence-electron chi connectivity index (χ4n) is 3.48. The number of carbonyl (C=O) groups is 1. The largest absolute Gasteiger partial charge is 0.337 e. The lowest BCUT2D eigenvalue weighted by Gasteiger charge is -2.32. The van der Waals surface area contributed by atoms with Gasteiger partial charge in [0.1, 0.15) is 11.4 Å². The highest BCUT2D eigenvalue weighted by atomic mass is 32.2. The van der Waals surface area contributed by atoms with E-state index in [1.165, 1.54) is 11.8 Å². The second kappa shape index (κ2) is 8.13. The van der Waals surface area contributed by atoms with Crippen molar-refractivity contribution < 1.29 is 4.79 Å². The van der Waals surface area contributed by atoms with Crippen molar-refractivity contribution in [2.24, 2.45) is 0 Å². The lowest BCUT2D eigenvalue weighted by molar-refractivity contribution is -0.121. The minimum Gasteiger partial charge on any atom is -0.337 e. The summed E-state index contributed by atoms with van der Waals surface area (Å²) < 4.78 is 1.98. The van der Waals surface area contributed by atoms with Gasteiger partial charge in [0.15, 0.2) is 5.16 Å². The molecule has 7 heteroatoms. The van der Waals surface area contributed by atoms with Crippen LogP contribution in [0.15, 0.2) is 29.4 Å². The number of aryl methyl sites for hydroxylation is 2. The molecular formula is C20H25N5OS. The molecule has 3 rings (SSSR count). The summed E-state index contributed by atoms with van der Waals surface area (Å²) in [5, 5.41) is 21.4. The second-order valence-electron chi connectivity index (χ2n) is 7.16. The molecule has 1 aromatic carbocycles. The molecule has 142 valence electrons. The Hall–Kier alpha value is -2.33. The van der Waals surface area contributed by atoms with Crippen LogP contribution in [0.1, 0.15) is 50.4 Å². The summed E-state index contributed by atoms with van der Waals surface area (Å²) >= 11 is 1.37. The zero-order valence-electron chi connectivity index (χ0n) is 16.0. The Morgan fingerprint density at radius 2 is 1.96 bits per heavy atom. The highest BCUT2D eigenvalue weighted by Gasteiger charge is 2.35. The standard InChI is InChI=1S/C20H25N5OS/c1-14-9-5-6-10-17(14)25-16(3)23-24-19(25)27-15(2)18(26)22-20(13-21)11-7-4-8-12-20/h5-6,9-10,15H,4,7-8,11-12H2,1-3H3,(H,22,26). The summed E-state index contributed by atoms with van der Waals surface area (Å²) in [7, 11) is 0. The molecule has 0 saturated heterocycles. The summed E-state index contributed by atoms with van der Waals surface area (Å²) in [6, 6.07) is 10.4. The molecule has 0 aliphatic heterocycles. The summed E-state index contributed by atoms with van der Waals surface area (Å²) in [4.78, 5) is 12.8. The fourth-order valence-corrected chi connectivity index (χ4v) is 4.39. The van der Waals surface area contributed by atoms with Gasteiger partial charge in [-0.3, -0.25) is 9.36 Å². The van der Waals surface area contributed by atoms with Gasteiger partial charge in [0.05, 0.1) is 17.0 Å². The molecule has 1 fully saturated rings. The predicted octanol–water partition coefficient (Wildman–Crippen LogP) is 3.71. The van der Waals surface area contributed by atoms with Crippen LogP contribution in [0.5, 0.6) is 0 Å². The van der Waals surface area contributed by atoms with Crippen LogP contribution in [0.3, 0.4) is 0 Å². The molecule has 1 unspecified atom stereocenters. The number of hydrogen-bond acceptors (Lipinski definition) is 5. The zero-order chi connectivity index (χ0) is 19.4. The molecule has 1 aromatic heterocycles. The molecule has 1 aliphatic rings. The third-order valence-electron chi connectivity index (χ3n) is 5.09. The Bertz CT molecular complexity index is 863. The van der Waals surface area contributed by atoms with E-state index in [4.69, 9.17) is 0 Å². The Balaban J connectivity index is 1.77. The number of para-hydroxylation sites is 1. The number of carbonyl (C=O) groups excluding carboxylic acids is 1. The molecule has 1 atom stereocenters. The van der Waals surface area contributed by atoms with Crippen molar-refractivity contribution in [2.45, 2.75) is 68.8 Å². The third kappa shape index (κ3) is 4.16. The highest BCUT2D eigenvalue weighted by molar-refractivity contribution is 8.00. The third-order valence-corrected chi connectivity index (χ3v) is 6.13. The van der Waals surface area contributed by atoms with Crippen LogP contribution in [-0.4, -0.2) is 31.5 Å². The number of amides is 1. The molecule has 0 radical (unpaired) electrons. The van der Waals surface area contributed by atoms with Crippen LogP contribution in [0, 0.1) is 25.2 Å². The molecule has 1 aliphatic carbocycles. The van der Waals surface area contributed by atoms with Crippen molar-refractivity contribution in [1.29, 1.82) is 5.26 Å². The quantitative estimate of drug-likeness (QED) is 0.796. The number of rotatable bonds is 5. The number of hydrogen-bond donors (Lipinski definition) is 1. The molecule has 1 heterocycles. The Kier molecular flexibility index (Phi) is 5.85. The van der Waals surface area contributed by atoms with Crippen molar-refractivity contribution >= 4 is 17.7 Å². The predicted molar refractivity (Wildman–Crippen MR) is 106 cm³/mol. The number of nitrogens with zero attached hydrogens (tertiary/aromatic N) is 4. The van der Waals surface area contributed by atoms with Crippen molar-refractivity contribution in [2.75, 3.05) is 0 Å². The minimum absolute atomic E-state index is 0.125. The lowest BCUT2D eigenvalue weighted by Crippen LogP contribution is -2.51. The van der Waals surface area contributed by atoms with Crippen LogP contribution >= 0.6 is 11.8 Å². The molecule has 0 bridgehead atoms. The van der Waals surface area contributed by atoms with Gasteiger partial charge < -0.3 is 5.32 Å². The molecule has 6 nitrogen and oxygen atoms in total. The first-order chi connectivity index (χ1) is 13.0. The zero-order valence-corrected chi connectivity index (χ0v) is 16.8. The van der Waals surface area contributed by atoms with E-state index < -0.39 is 5.54 Å². The molecule has 0 spiro atoms. The summed E-state index contributed by atoms with van der Waals surface area (Å²) in [6.07, 6.45) is 4.55. The van der Waals surface area contributed by atoms with Crippen molar-refractivity contribution in [1.82, 2.24) is 20.1 Å². The highest BCUT2D eigenvalue weighted by Crippen LogP contribution is 2.30. The SMILES string of the molecule is Cc1ccccc1-n1c(C)nnc1SC(C)C(=O)NC1(C#N)CCCCC1. The van der Waals surface area contributed by atoms with Crippen molar-refractivity contribution in [3.63, 3.8) is 0 Å². The molecule has 1 N–H and O–H groups in total. The maximum absolute atomic E-state index is 12.8. The van der Waals surface area contributed by atoms with Crippen LogP contribution in [0.4, 0.5) is 0 Å². The van der Waals surface area contributed by atoms with Crippen molar-refractivity contribution in [3.05, 3.63) is 35.7 Å². The van der Waals surface area contributed by atoms with E-state index in [9.17, 15) is 10.1 Å². The Morgan fingerprint density at radius 1 is 1.26 bits per heavy atom. The van der Waals surface area contributed by atoms with Crippen LogP contribution in [-0.2, 0) is 4.79 Å². The van der Waals surface area contributed by atoms with E-state index >= 15 is 0 Å². The topological polar surface area (TPSA) is 83.6 Å². The number of nitriles is 1. The van der Waals surface area contributed by atoms with Crippen LogP contribution in [0.2, 0.25) is 0 Å². The van der Waals surface area contributed by atoms with Gasteiger partial charge in [0, 0.05) is 0 Å². The Labute approximate surface area is 164 Å². The van der Waals surface area contributed by atoms with Gasteiger partial charge in [0.25, 0.3) is 0 Å². The van der Waals surface area contributed by atoms with Crippen molar-refractivity contribution in [3.8, 4) is 11.8 Å². The normalized spacial score (nSPS) is 17.1. The van der Waals surface area contributed by atoms with Gasteiger partial charge in [-0.05, 0) is 45.2 Å². The monoisotopic (exact) mass is 383 g/mol. The maximum Gasteiger partial charge on any atom is 0.234 e. The smallest absolute Gasteiger partial charge is 0.234 e. The first-order valence-corrected chi connectivity index (χ1v) is 10.2. The number of aromatic nitrogens is 3. The average molecular weight is 384 g/mol. The van der Waals surface area contributed by atoms with E-state index in [-0.39, 0.29) is 11.2 Å². The minimum atomic E-state index is -0.718. The fraction of sp³-hybridized carbons (Fsp3) is 0.500. The van der Waals surface area contributed by atoms with Gasteiger partial charge in [-0.1, -0.05) is 49.2 Å². The van der Waals surface area contributed by atoms with E-state index in [1.54, 1.807) is 0 Å².